The molecule has 0 fully saturated rings. The summed E-state index contributed by atoms with van der Waals surface area (Å²) in [6, 6.07) is 13.6. The number of anilines is 2. The molecule has 1 aliphatic rings. The first-order valence-corrected chi connectivity index (χ1v) is 11.3. The fourth-order valence-electron chi connectivity index (χ4n) is 3.28. The minimum absolute atomic E-state index is 0.139. The summed E-state index contributed by atoms with van der Waals surface area (Å²) in [6.45, 7) is 5.58. The molecule has 9 heteroatoms. The number of hydrogen-bond acceptors (Lipinski definition) is 7. The van der Waals surface area contributed by atoms with Gasteiger partial charge in [0.25, 0.3) is 5.91 Å². The predicted octanol–water partition coefficient (Wildman–Crippen LogP) is 3.32. The largest absolute Gasteiger partial charge is 0.340 e. The summed E-state index contributed by atoms with van der Waals surface area (Å²) in [4.78, 5) is 25.2. The van der Waals surface area contributed by atoms with Crippen LogP contribution in [0.4, 0.5) is 17.3 Å². The van der Waals surface area contributed by atoms with E-state index in [4.69, 9.17) is 0 Å². The maximum absolute atomic E-state index is 12.7. The van der Waals surface area contributed by atoms with Crippen LogP contribution in [0.1, 0.15) is 22.5 Å². The van der Waals surface area contributed by atoms with Crippen LogP contribution >= 0.6 is 0 Å². The van der Waals surface area contributed by atoms with Crippen molar-refractivity contribution in [1.29, 1.82) is 0 Å². The maximum atomic E-state index is 12.7. The second-order valence-electron chi connectivity index (χ2n) is 7.37. The smallest absolute Gasteiger partial charge is 0.275 e. The van der Waals surface area contributed by atoms with Crippen molar-refractivity contribution in [2.24, 2.45) is 4.99 Å². The molecule has 31 heavy (non-hydrogen) atoms. The van der Waals surface area contributed by atoms with Crippen molar-refractivity contribution in [2.75, 3.05) is 16.5 Å². The Kier molecular flexibility index (Phi) is 5.28. The highest BCUT2D eigenvalue weighted by molar-refractivity contribution is 7.91. The number of nitrogens with zero attached hydrogens (tertiary/aromatic N) is 3. The summed E-state index contributed by atoms with van der Waals surface area (Å²) in [5.41, 5.74) is 4.77. The molecule has 0 unspecified atom stereocenters. The zero-order chi connectivity index (χ0) is 22.2. The van der Waals surface area contributed by atoms with Crippen LogP contribution in [0.15, 0.2) is 58.4 Å². The van der Waals surface area contributed by atoms with E-state index in [0.717, 1.165) is 22.5 Å². The molecule has 1 aromatic heterocycles. The van der Waals surface area contributed by atoms with Gasteiger partial charge in [-0.25, -0.2) is 23.4 Å². The van der Waals surface area contributed by atoms with Gasteiger partial charge >= 0.3 is 0 Å². The van der Waals surface area contributed by atoms with Gasteiger partial charge in [-0.2, -0.15) is 0 Å². The molecule has 0 saturated carbocycles. The second-order valence-corrected chi connectivity index (χ2v) is 9.36. The Morgan fingerprint density at radius 2 is 1.65 bits per heavy atom. The predicted molar refractivity (Wildman–Crippen MR) is 120 cm³/mol. The Morgan fingerprint density at radius 1 is 0.968 bits per heavy atom. The lowest BCUT2D eigenvalue weighted by Crippen LogP contribution is -2.16. The highest BCUT2D eigenvalue weighted by Gasteiger charge is 2.26. The van der Waals surface area contributed by atoms with Crippen molar-refractivity contribution in [2.45, 2.75) is 25.7 Å². The summed E-state index contributed by atoms with van der Waals surface area (Å²) < 4.78 is 25.3. The molecule has 0 aliphatic carbocycles. The Bertz CT molecular complexity index is 1300. The van der Waals surface area contributed by atoms with Gasteiger partial charge in [0, 0.05) is 17.0 Å². The summed E-state index contributed by atoms with van der Waals surface area (Å²) in [5, 5.41) is 5.55. The Morgan fingerprint density at radius 3 is 2.32 bits per heavy atom. The number of amides is 1. The fraction of sp³-hybridized carbons (Fsp3) is 0.182. The Balaban J connectivity index is 1.53. The molecular formula is C22H21N5O3S. The van der Waals surface area contributed by atoms with E-state index in [1.165, 1.54) is 12.1 Å². The zero-order valence-electron chi connectivity index (χ0n) is 17.3. The number of fused-ring (bicyclic) bond motifs is 1. The van der Waals surface area contributed by atoms with E-state index in [0.29, 0.717) is 17.1 Å². The molecule has 0 spiro atoms. The van der Waals surface area contributed by atoms with Crippen LogP contribution < -0.4 is 10.6 Å². The van der Waals surface area contributed by atoms with E-state index in [2.05, 4.69) is 25.6 Å². The van der Waals surface area contributed by atoms with Crippen LogP contribution in [-0.4, -0.2) is 35.9 Å². The first-order chi connectivity index (χ1) is 14.7. The summed E-state index contributed by atoms with van der Waals surface area (Å²) in [6.07, 6.45) is 0. The Labute approximate surface area is 180 Å². The highest BCUT2D eigenvalue weighted by atomic mass is 32.2. The van der Waals surface area contributed by atoms with Gasteiger partial charge in [0.05, 0.1) is 16.3 Å². The van der Waals surface area contributed by atoms with E-state index < -0.39 is 9.84 Å². The average Bonchev–Trinajstić information content (AvgIpc) is 3.01. The first kappa shape index (κ1) is 20.7. The van der Waals surface area contributed by atoms with Gasteiger partial charge in [0.1, 0.15) is 11.6 Å². The topological polar surface area (TPSA) is 113 Å². The molecule has 158 valence electrons. The van der Waals surface area contributed by atoms with E-state index in [1.807, 2.05) is 45.0 Å². The molecule has 8 nitrogen and oxygen atoms in total. The zero-order valence-corrected chi connectivity index (χ0v) is 18.1. The lowest BCUT2D eigenvalue weighted by Gasteiger charge is -2.08. The molecule has 4 rings (SSSR count). The number of carbonyl (C=O) groups excluding carboxylic acids is 1. The van der Waals surface area contributed by atoms with Crippen LogP contribution in [0.25, 0.3) is 0 Å². The van der Waals surface area contributed by atoms with Crippen molar-refractivity contribution in [3.63, 3.8) is 0 Å². The number of sulfone groups is 1. The number of benzene rings is 2. The number of hydrogen-bond donors (Lipinski definition) is 2. The van der Waals surface area contributed by atoms with Crippen LogP contribution in [0.2, 0.25) is 0 Å². The third kappa shape index (κ3) is 4.46. The van der Waals surface area contributed by atoms with Crippen LogP contribution in [0.5, 0.6) is 0 Å². The summed E-state index contributed by atoms with van der Waals surface area (Å²) >= 11 is 0. The number of nitrogens with one attached hydrogen (secondary N) is 2. The lowest BCUT2D eigenvalue weighted by molar-refractivity contribution is -0.110. The van der Waals surface area contributed by atoms with Crippen LogP contribution in [0.3, 0.4) is 0 Å². The standard InChI is InChI=1S/C22H21N5O3S/c1-13-4-9-19-18(10-13)20(21(28)27-19)26-16-5-7-17(8-6-16)31(29,30)12-23-22-24-14(2)11-15(3)25-22/h4-11H,12H2,1-3H3,(H,23,24,25)(H,26,27,28). The first-order valence-electron chi connectivity index (χ1n) is 9.61. The molecule has 1 amide bonds. The normalized spacial score (nSPS) is 14.4. The highest BCUT2D eigenvalue weighted by Crippen LogP contribution is 2.27. The summed E-state index contributed by atoms with van der Waals surface area (Å²) in [7, 11) is -3.61. The molecule has 3 aromatic rings. The van der Waals surface area contributed by atoms with E-state index in [9.17, 15) is 13.2 Å². The summed E-state index contributed by atoms with van der Waals surface area (Å²) in [5.74, 6) is -0.348. The van der Waals surface area contributed by atoms with Crippen molar-refractivity contribution < 1.29 is 13.2 Å². The third-order valence-electron chi connectivity index (χ3n) is 4.73. The molecule has 1 aliphatic heterocycles. The average molecular weight is 436 g/mol. The van der Waals surface area contributed by atoms with Crippen LogP contribution in [0, 0.1) is 20.8 Å². The molecule has 2 aromatic carbocycles. The molecule has 0 atom stereocenters. The molecule has 0 radical (unpaired) electrons. The van der Waals surface area contributed by atoms with E-state index in [-0.39, 0.29) is 22.6 Å². The van der Waals surface area contributed by atoms with Crippen LogP contribution in [-0.2, 0) is 14.6 Å². The minimum atomic E-state index is -3.61. The van der Waals surface area contributed by atoms with Gasteiger partial charge in [0.15, 0.2) is 9.84 Å². The molecular weight excluding hydrogens is 414 g/mol. The number of rotatable bonds is 5. The number of aliphatic imine (C=N–C) groups is 1. The second kappa shape index (κ2) is 7.92. The maximum Gasteiger partial charge on any atom is 0.275 e. The molecule has 2 N–H and O–H groups in total. The molecule has 2 heterocycles. The lowest BCUT2D eigenvalue weighted by atomic mass is 10.1. The number of aryl methyl sites for hydroxylation is 3. The van der Waals surface area contributed by atoms with Crippen molar-refractivity contribution in [1.82, 2.24) is 9.97 Å². The van der Waals surface area contributed by atoms with Gasteiger partial charge in [0.2, 0.25) is 5.95 Å². The minimum Gasteiger partial charge on any atom is -0.340 e. The monoisotopic (exact) mass is 435 g/mol. The fourth-order valence-corrected chi connectivity index (χ4v) is 4.32. The number of carbonyl (C=O) groups is 1. The van der Waals surface area contributed by atoms with Gasteiger partial charge in [-0.3, -0.25) is 4.79 Å². The van der Waals surface area contributed by atoms with E-state index >= 15 is 0 Å². The third-order valence-corrected chi connectivity index (χ3v) is 6.25. The quantitative estimate of drug-likeness (QED) is 0.636. The van der Waals surface area contributed by atoms with Gasteiger partial charge in [-0.1, -0.05) is 11.6 Å². The van der Waals surface area contributed by atoms with Crippen molar-refractivity contribution >= 4 is 38.8 Å². The van der Waals surface area contributed by atoms with Gasteiger partial charge in [-0.05, 0) is 63.2 Å². The van der Waals surface area contributed by atoms with Gasteiger partial charge < -0.3 is 10.6 Å². The van der Waals surface area contributed by atoms with E-state index in [1.54, 1.807) is 12.1 Å². The number of aromatic nitrogens is 2. The van der Waals surface area contributed by atoms with Gasteiger partial charge in [-0.15, -0.1) is 0 Å². The SMILES string of the molecule is Cc1ccc2c(c1)C(=Nc1ccc(S(=O)(=O)CNc3nc(C)cc(C)n3)cc1)C(=O)N2. The van der Waals surface area contributed by atoms with Crippen molar-refractivity contribution in [3.8, 4) is 0 Å². The Hall–Kier alpha value is -3.59. The van der Waals surface area contributed by atoms with Crippen molar-refractivity contribution in [3.05, 3.63) is 71.0 Å². The molecule has 0 bridgehead atoms. The molecule has 0 saturated heterocycles.